The number of carbonyl (C=O) groups is 1. The Morgan fingerprint density at radius 3 is 2.68 bits per heavy atom. The standard InChI is InChI=1S/C15H19NO3/c17-14(18)13-9-11-5-1-2-6-12(11)16(13)10-15(19)7-3-4-8-15/h1-2,5-6,13,19H,3-4,7-10H2,(H,17,18). The molecule has 0 spiro atoms. The molecule has 3 rings (SSSR count). The first kappa shape index (κ1) is 12.5. The number of carboxylic acids is 1. The van der Waals surface area contributed by atoms with Crippen LogP contribution in [0.4, 0.5) is 5.69 Å². The number of fused-ring (bicyclic) bond motifs is 1. The molecule has 102 valence electrons. The smallest absolute Gasteiger partial charge is 0.326 e. The molecule has 19 heavy (non-hydrogen) atoms. The summed E-state index contributed by atoms with van der Waals surface area (Å²) in [5.74, 6) is -0.808. The second kappa shape index (κ2) is 4.53. The van der Waals surface area contributed by atoms with E-state index >= 15 is 0 Å². The summed E-state index contributed by atoms with van der Waals surface area (Å²) in [6.07, 6.45) is 4.14. The lowest BCUT2D eigenvalue weighted by Crippen LogP contribution is -2.47. The van der Waals surface area contributed by atoms with Gasteiger partial charge in [0, 0.05) is 18.7 Å². The molecule has 4 nitrogen and oxygen atoms in total. The first-order valence-corrected chi connectivity index (χ1v) is 6.89. The molecule has 0 amide bonds. The Hall–Kier alpha value is -1.55. The Labute approximate surface area is 112 Å². The maximum Gasteiger partial charge on any atom is 0.326 e. The Kier molecular flexibility index (Phi) is 2.97. The first-order valence-electron chi connectivity index (χ1n) is 6.89. The van der Waals surface area contributed by atoms with Gasteiger partial charge in [-0.3, -0.25) is 0 Å². The molecular formula is C15H19NO3. The molecule has 1 aromatic rings. The molecule has 1 aliphatic carbocycles. The van der Waals surface area contributed by atoms with Gasteiger partial charge in [0.1, 0.15) is 6.04 Å². The normalized spacial score (nSPS) is 24.5. The lowest BCUT2D eigenvalue weighted by Gasteiger charge is -2.33. The Morgan fingerprint density at radius 2 is 2.00 bits per heavy atom. The number of benzene rings is 1. The van der Waals surface area contributed by atoms with Crippen LogP contribution in [0, 0.1) is 0 Å². The highest BCUT2D eigenvalue weighted by atomic mass is 16.4. The maximum atomic E-state index is 11.4. The van der Waals surface area contributed by atoms with Crippen molar-refractivity contribution in [1.29, 1.82) is 0 Å². The molecule has 2 N–H and O–H groups in total. The lowest BCUT2D eigenvalue weighted by molar-refractivity contribution is -0.138. The van der Waals surface area contributed by atoms with Gasteiger partial charge in [0.15, 0.2) is 0 Å². The van der Waals surface area contributed by atoms with Crippen molar-refractivity contribution in [3.05, 3.63) is 29.8 Å². The number of carboxylic acid groups (broad SMARTS) is 1. The van der Waals surface area contributed by atoms with E-state index in [1.165, 1.54) is 0 Å². The van der Waals surface area contributed by atoms with Gasteiger partial charge in [-0.1, -0.05) is 31.0 Å². The van der Waals surface area contributed by atoms with E-state index in [-0.39, 0.29) is 0 Å². The van der Waals surface area contributed by atoms with Crippen LogP contribution in [0.25, 0.3) is 0 Å². The van der Waals surface area contributed by atoms with Crippen LogP contribution in [0.3, 0.4) is 0 Å². The van der Waals surface area contributed by atoms with Crippen molar-refractivity contribution in [2.75, 3.05) is 11.4 Å². The van der Waals surface area contributed by atoms with Crippen LogP contribution in [0.1, 0.15) is 31.2 Å². The fourth-order valence-electron chi connectivity index (χ4n) is 3.37. The molecule has 0 radical (unpaired) electrons. The number of para-hydroxylation sites is 1. The summed E-state index contributed by atoms with van der Waals surface area (Å²) in [6.45, 7) is 0.432. The molecule has 1 heterocycles. The van der Waals surface area contributed by atoms with Crippen molar-refractivity contribution in [2.24, 2.45) is 0 Å². The van der Waals surface area contributed by atoms with E-state index in [0.717, 1.165) is 36.9 Å². The first-order chi connectivity index (χ1) is 9.09. The van der Waals surface area contributed by atoms with Crippen LogP contribution < -0.4 is 4.90 Å². The predicted molar refractivity (Wildman–Crippen MR) is 72.3 cm³/mol. The number of aliphatic hydroxyl groups is 1. The van der Waals surface area contributed by atoms with Crippen molar-refractivity contribution < 1.29 is 15.0 Å². The minimum Gasteiger partial charge on any atom is -0.480 e. The average molecular weight is 261 g/mol. The van der Waals surface area contributed by atoms with Crippen LogP contribution in [0.5, 0.6) is 0 Å². The third kappa shape index (κ3) is 2.21. The Morgan fingerprint density at radius 1 is 1.32 bits per heavy atom. The van der Waals surface area contributed by atoms with E-state index in [9.17, 15) is 15.0 Å². The topological polar surface area (TPSA) is 60.8 Å². The van der Waals surface area contributed by atoms with Gasteiger partial charge < -0.3 is 15.1 Å². The van der Waals surface area contributed by atoms with E-state index in [1.807, 2.05) is 29.2 Å². The molecule has 1 aliphatic heterocycles. The zero-order chi connectivity index (χ0) is 13.5. The van der Waals surface area contributed by atoms with Crippen LogP contribution in [0.15, 0.2) is 24.3 Å². The highest BCUT2D eigenvalue weighted by molar-refractivity contribution is 5.82. The number of β-amino-alcohol motifs (C(OH)–C–C–N with tert-alkyl or cyclic N) is 1. The number of rotatable bonds is 3. The zero-order valence-electron chi connectivity index (χ0n) is 10.9. The Bertz CT molecular complexity index is 494. The van der Waals surface area contributed by atoms with Crippen LogP contribution >= 0.6 is 0 Å². The van der Waals surface area contributed by atoms with Crippen molar-refractivity contribution in [3.63, 3.8) is 0 Å². The van der Waals surface area contributed by atoms with Gasteiger partial charge in [0.25, 0.3) is 0 Å². The molecule has 0 aromatic heterocycles. The molecule has 0 bridgehead atoms. The molecule has 1 fully saturated rings. The van der Waals surface area contributed by atoms with Gasteiger partial charge in [-0.2, -0.15) is 0 Å². The van der Waals surface area contributed by atoms with Crippen LogP contribution in [-0.4, -0.2) is 34.4 Å². The quantitative estimate of drug-likeness (QED) is 0.871. The summed E-state index contributed by atoms with van der Waals surface area (Å²) in [5, 5.41) is 19.9. The Balaban J connectivity index is 1.89. The largest absolute Gasteiger partial charge is 0.480 e. The SMILES string of the molecule is O=C(O)C1Cc2ccccc2N1CC1(O)CCCC1. The molecule has 1 atom stereocenters. The summed E-state index contributed by atoms with van der Waals surface area (Å²) in [5.41, 5.74) is 1.32. The number of hydrogen-bond donors (Lipinski definition) is 2. The number of hydrogen-bond acceptors (Lipinski definition) is 3. The summed E-state index contributed by atoms with van der Waals surface area (Å²) in [6, 6.07) is 7.25. The molecule has 0 saturated heterocycles. The van der Waals surface area contributed by atoms with E-state index in [4.69, 9.17) is 0 Å². The fourth-order valence-corrected chi connectivity index (χ4v) is 3.37. The van der Waals surface area contributed by atoms with Crippen LogP contribution in [-0.2, 0) is 11.2 Å². The van der Waals surface area contributed by atoms with Crippen molar-refractivity contribution in [1.82, 2.24) is 0 Å². The van der Waals surface area contributed by atoms with Gasteiger partial charge in [-0.15, -0.1) is 0 Å². The number of aliphatic carboxylic acids is 1. The minimum absolute atomic E-state index is 0.432. The highest BCUT2D eigenvalue weighted by Crippen LogP contribution is 2.37. The monoisotopic (exact) mass is 261 g/mol. The van der Waals surface area contributed by atoms with Gasteiger partial charge >= 0.3 is 5.97 Å². The summed E-state index contributed by atoms with van der Waals surface area (Å²) in [7, 11) is 0. The van der Waals surface area contributed by atoms with Gasteiger partial charge in [-0.05, 0) is 24.5 Å². The van der Waals surface area contributed by atoms with E-state index in [1.54, 1.807) is 0 Å². The predicted octanol–water partition coefficient (Wildman–Crippen LogP) is 1.81. The van der Waals surface area contributed by atoms with Crippen molar-refractivity contribution in [2.45, 2.75) is 43.7 Å². The zero-order valence-corrected chi connectivity index (χ0v) is 10.9. The van der Waals surface area contributed by atoms with Gasteiger partial charge in [0.2, 0.25) is 0 Å². The fraction of sp³-hybridized carbons (Fsp3) is 0.533. The molecule has 2 aliphatic rings. The molecule has 1 unspecified atom stereocenters. The van der Waals surface area contributed by atoms with Gasteiger partial charge in [0.05, 0.1) is 5.60 Å². The minimum atomic E-state index is -0.808. The lowest BCUT2D eigenvalue weighted by atomic mass is 10.0. The second-order valence-corrected chi connectivity index (χ2v) is 5.75. The van der Waals surface area contributed by atoms with Crippen molar-refractivity contribution >= 4 is 11.7 Å². The third-order valence-corrected chi connectivity index (χ3v) is 4.37. The summed E-state index contributed by atoms with van der Waals surface area (Å²) < 4.78 is 0. The molecule has 4 heteroatoms. The molecular weight excluding hydrogens is 242 g/mol. The molecule has 1 aromatic carbocycles. The van der Waals surface area contributed by atoms with Crippen molar-refractivity contribution in [3.8, 4) is 0 Å². The number of nitrogens with zero attached hydrogens (tertiary/aromatic N) is 1. The van der Waals surface area contributed by atoms with Gasteiger partial charge in [-0.25, -0.2) is 4.79 Å². The van der Waals surface area contributed by atoms with Crippen LogP contribution in [0.2, 0.25) is 0 Å². The summed E-state index contributed by atoms with van der Waals surface area (Å²) in [4.78, 5) is 13.3. The highest BCUT2D eigenvalue weighted by Gasteiger charge is 2.40. The van der Waals surface area contributed by atoms with E-state index in [2.05, 4.69) is 0 Å². The molecule has 1 saturated carbocycles. The number of anilines is 1. The maximum absolute atomic E-state index is 11.4. The van der Waals surface area contributed by atoms with E-state index < -0.39 is 17.6 Å². The third-order valence-electron chi connectivity index (χ3n) is 4.37. The second-order valence-electron chi connectivity index (χ2n) is 5.75. The average Bonchev–Trinajstić information content (AvgIpc) is 2.95. The summed E-state index contributed by atoms with van der Waals surface area (Å²) >= 11 is 0. The van der Waals surface area contributed by atoms with E-state index in [0.29, 0.717) is 13.0 Å².